The van der Waals surface area contributed by atoms with Crippen molar-refractivity contribution in [2.75, 3.05) is 29.9 Å². The summed E-state index contributed by atoms with van der Waals surface area (Å²) < 4.78 is 0. The molecule has 0 radical (unpaired) electrons. The summed E-state index contributed by atoms with van der Waals surface area (Å²) >= 11 is 0. The van der Waals surface area contributed by atoms with E-state index in [1.807, 2.05) is 19.3 Å². The van der Waals surface area contributed by atoms with Gasteiger partial charge in [-0.25, -0.2) is 4.98 Å². The van der Waals surface area contributed by atoms with Crippen LogP contribution in [0.4, 0.5) is 11.6 Å². The van der Waals surface area contributed by atoms with E-state index in [-0.39, 0.29) is 0 Å². The maximum absolute atomic E-state index is 4.45. The second-order valence-corrected chi connectivity index (χ2v) is 6.57. The lowest BCUT2D eigenvalue weighted by atomic mass is 9.96. The minimum absolute atomic E-state index is 0.449. The quantitative estimate of drug-likeness (QED) is 0.861. The third-order valence-corrected chi connectivity index (χ3v) is 4.92. The summed E-state index contributed by atoms with van der Waals surface area (Å²) in [7, 11) is 2.08. The van der Waals surface area contributed by atoms with Crippen molar-refractivity contribution in [3.8, 4) is 0 Å². The van der Waals surface area contributed by atoms with E-state index in [0.29, 0.717) is 6.04 Å². The summed E-state index contributed by atoms with van der Waals surface area (Å²) in [5.74, 6) is 1.95. The molecule has 0 spiro atoms. The Hall–Kier alpha value is -2.24. The third-order valence-electron chi connectivity index (χ3n) is 4.92. The van der Waals surface area contributed by atoms with Crippen LogP contribution >= 0.6 is 0 Å². The normalized spacial score (nSPS) is 17.6. The first-order valence-electron chi connectivity index (χ1n) is 8.32. The molecule has 1 aliphatic heterocycles. The minimum atomic E-state index is 0.449. The van der Waals surface area contributed by atoms with Gasteiger partial charge in [-0.05, 0) is 44.2 Å². The van der Waals surface area contributed by atoms with Crippen LogP contribution in [0.5, 0.6) is 0 Å². The topological polar surface area (TPSA) is 58.0 Å². The number of aryl methyl sites for hydroxylation is 3. The van der Waals surface area contributed by atoms with Crippen molar-refractivity contribution in [1.82, 2.24) is 20.2 Å². The van der Waals surface area contributed by atoms with Crippen LogP contribution in [0, 0.1) is 6.92 Å². The molecule has 1 fully saturated rings. The molecular formula is C17H22N6. The van der Waals surface area contributed by atoms with E-state index in [0.717, 1.165) is 43.3 Å². The second-order valence-electron chi connectivity index (χ2n) is 6.57. The highest BCUT2D eigenvalue weighted by Crippen LogP contribution is 2.27. The molecular weight excluding hydrogens is 288 g/mol. The lowest BCUT2D eigenvalue weighted by Crippen LogP contribution is -2.59. The molecule has 0 saturated carbocycles. The van der Waals surface area contributed by atoms with Crippen molar-refractivity contribution in [3.63, 3.8) is 0 Å². The molecule has 3 heterocycles. The molecule has 0 unspecified atom stereocenters. The molecule has 1 aliphatic carbocycles. The van der Waals surface area contributed by atoms with Crippen LogP contribution in [-0.4, -0.2) is 46.3 Å². The van der Waals surface area contributed by atoms with Crippen LogP contribution in [-0.2, 0) is 12.8 Å². The lowest BCUT2D eigenvalue weighted by Gasteiger charge is -2.44. The molecule has 6 heteroatoms. The van der Waals surface area contributed by atoms with Gasteiger partial charge in [0.05, 0.1) is 29.8 Å². The maximum Gasteiger partial charge on any atom is 0.151 e. The predicted molar refractivity (Wildman–Crippen MR) is 89.8 cm³/mol. The summed E-state index contributed by atoms with van der Waals surface area (Å²) in [6.45, 7) is 3.87. The molecule has 0 N–H and O–H groups in total. The SMILES string of the molecule is Cc1cnc(N(C)C2CN(c3cc4c(nn3)CCCC4)C2)cn1. The van der Waals surface area contributed by atoms with Crippen molar-refractivity contribution in [3.05, 3.63) is 35.4 Å². The van der Waals surface area contributed by atoms with Crippen LogP contribution in [0.25, 0.3) is 0 Å². The molecule has 120 valence electrons. The molecule has 0 atom stereocenters. The van der Waals surface area contributed by atoms with Gasteiger partial charge in [-0.2, -0.15) is 5.10 Å². The van der Waals surface area contributed by atoms with Crippen LogP contribution in [0.1, 0.15) is 29.8 Å². The smallest absolute Gasteiger partial charge is 0.151 e. The summed E-state index contributed by atoms with van der Waals surface area (Å²) in [6, 6.07) is 2.69. The largest absolute Gasteiger partial charge is 0.352 e. The molecule has 0 aromatic carbocycles. The van der Waals surface area contributed by atoms with Gasteiger partial charge in [0.2, 0.25) is 0 Å². The Kier molecular flexibility index (Phi) is 3.59. The highest BCUT2D eigenvalue weighted by Gasteiger charge is 2.32. The summed E-state index contributed by atoms with van der Waals surface area (Å²) in [5, 5.41) is 8.85. The first-order chi connectivity index (χ1) is 11.2. The first kappa shape index (κ1) is 14.4. The zero-order valence-electron chi connectivity index (χ0n) is 13.7. The molecule has 6 nitrogen and oxygen atoms in total. The Morgan fingerprint density at radius 1 is 1.09 bits per heavy atom. The molecule has 0 bridgehead atoms. The monoisotopic (exact) mass is 310 g/mol. The van der Waals surface area contributed by atoms with Crippen molar-refractivity contribution >= 4 is 11.6 Å². The Morgan fingerprint density at radius 2 is 1.91 bits per heavy atom. The van der Waals surface area contributed by atoms with Gasteiger partial charge >= 0.3 is 0 Å². The van der Waals surface area contributed by atoms with Gasteiger partial charge < -0.3 is 9.80 Å². The van der Waals surface area contributed by atoms with E-state index in [9.17, 15) is 0 Å². The van der Waals surface area contributed by atoms with E-state index in [2.05, 4.69) is 43.1 Å². The van der Waals surface area contributed by atoms with Gasteiger partial charge in [0.1, 0.15) is 5.82 Å². The van der Waals surface area contributed by atoms with E-state index in [1.54, 1.807) is 0 Å². The lowest BCUT2D eigenvalue weighted by molar-refractivity contribution is 0.486. The standard InChI is InChI=1S/C17H22N6/c1-12-8-19-17(9-18-12)22(2)14-10-23(11-14)16-7-13-5-3-4-6-15(13)20-21-16/h7-9,14H,3-6,10-11H2,1-2H3. The molecule has 0 amide bonds. The van der Waals surface area contributed by atoms with Gasteiger partial charge in [-0.1, -0.05) is 0 Å². The Morgan fingerprint density at radius 3 is 2.70 bits per heavy atom. The molecule has 2 aromatic rings. The fourth-order valence-electron chi connectivity index (χ4n) is 3.28. The summed E-state index contributed by atoms with van der Waals surface area (Å²) in [5.41, 5.74) is 3.54. The number of nitrogens with zero attached hydrogens (tertiary/aromatic N) is 6. The average Bonchev–Trinajstić information content (AvgIpc) is 2.54. The minimum Gasteiger partial charge on any atom is -0.352 e. The third kappa shape index (κ3) is 2.73. The van der Waals surface area contributed by atoms with Gasteiger partial charge in [0, 0.05) is 20.1 Å². The maximum atomic E-state index is 4.45. The first-order valence-corrected chi connectivity index (χ1v) is 8.32. The predicted octanol–water partition coefficient (Wildman–Crippen LogP) is 1.78. The van der Waals surface area contributed by atoms with E-state index >= 15 is 0 Å². The number of likely N-dealkylation sites (N-methyl/N-ethyl adjacent to an activating group) is 1. The van der Waals surface area contributed by atoms with Crippen molar-refractivity contribution in [2.24, 2.45) is 0 Å². The van der Waals surface area contributed by atoms with Crippen LogP contribution in [0.3, 0.4) is 0 Å². The summed E-state index contributed by atoms with van der Waals surface area (Å²) in [6.07, 6.45) is 8.41. The Bertz CT molecular complexity index is 693. The number of fused-ring (bicyclic) bond motifs is 1. The fraction of sp³-hybridized carbons (Fsp3) is 0.529. The van der Waals surface area contributed by atoms with Crippen molar-refractivity contribution < 1.29 is 0 Å². The Balaban J connectivity index is 1.42. The number of hydrogen-bond donors (Lipinski definition) is 0. The van der Waals surface area contributed by atoms with Gasteiger partial charge in [-0.15, -0.1) is 5.10 Å². The zero-order chi connectivity index (χ0) is 15.8. The van der Waals surface area contributed by atoms with Crippen molar-refractivity contribution in [1.29, 1.82) is 0 Å². The van der Waals surface area contributed by atoms with Gasteiger partial charge in [-0.3, -0.25) is 4.98 Å². The molecule has 1 saturated heterocycles. The second kappa shape index (κ2) is 5.76. The molecule has 2 aromatic heterocycles. The van der Waals surface area contributed by atoms with E-state index < -0.39 is 0 Å². The Labute approximate surface area is 136 Å². The van der Waals surface area contributed by atoms with E-state index in [4.69, 9.17) is 0 Å². The fourth-order valence-corrected chi connectivity index (χ4v) is 3.28. The number of anilines is 2. The average molecular weight is 310 g/mol. The number of rotatable bonds is 3. The van der Waals surface area contributed by atoms with Crippen molar-refractivity contribution in [2.45, 2.75) is 38.6 Å². The van der Waals surface area contributed by atoms with Crippen LogP contribution in [0.2, 0.25) is 0 Å². The molecule has 2 aliphatic rings. The van der Waals surface area contributed by atoms with Crippen LogP contribution < -0.4 is 9.80 Å². The van der Waals surface area contributed by atoms with Crippen LogP contribution in [0.15, 0.2) is 18.5 Å². The van der Waals surface area contributed by atoms with E-state index in [1.165, 1.54) is 24.1 Å². The van der Waals surface area contributed by atoms with Gasteiger partial charge in [0.25, 0.3) is 0 Å². The highest BCUT2D eigenvalue weighted by atomic mass is 15.4. The van der Waals surface area contributed by atoms with Gasteiger partial charge in [0.15, 0.2) is 5.82 Å². The summed E-state index contributed by atoms with van der Waals surface area (Å²) in [4.78, 5) is 13.3. The molecule has 4 rings (SSSR count). The zero-order valence-corrected chi connectivity index (χ0v) is 13.7. The molecule has 23 heavy (non-hydrogen) atoms. The highest BCUT2D eigenvalue weighted by molar-refractivity contribution is 5.48. The number of hydrogen-bond acceptors (Lipinski definition) is 6. The number of aromatic nitrogens is 4.